The lowest BCUT2D eigenvalue weighted by atomic mass is 9.78. The topological polar surface area (TPSA) is 50.2 Å². The number of fused-ring (bicyclic) bond motifs is 1. The lowest BCUT2D eigenvalue weighted by Crippen LogP contribution is -2.31. The summed E-state index contributed by atoms with van der Waals surface area (Å²) in [5.41, 5.74) is 0.544. The van der Waals surface area contributed by atoms with Crippen molar-refractivity contribution in [1.29, 1.82) is 0 Å². The molecule has 0 spiro atoms. The molecule has 0 bridgehead atoms. The molecule has 1 aromatic rings. The average Bonchev–Trinajstić information content (AvgIpc) is 2.88. The van der Waals surface area contributed by atoms with Gasteiger partial charge in [-0.2, -0.15) is 0 Å². The number of carboxylic acids is 1. The third-order valence-corrected chi connectivity index (χ3v) is 4.09. The third-order valence-electron chi connectivity index (χ3n) is 4.09. The van der Waals surface area contributed by atoms with Crippen LogP contribution >= 0.6 is 0 Å². The molecule has 2 unspecified atom stereocenters. The molecule has 16 heavy (non-hydrogen) atoms. The Morgan fingerprint density at radius 1 is 1.50 bits per heavy atom. The van der Waals surface area contributed by atoms with E-state index in [9.17, 15) is 9.90 Å². The van der Waals surface area contributed by atoms with Crippen LogP contribution in [0.2, 0.25) is 0 Å². The molecular formula is C13H15NO2. The Kier molecular flexibility index (Phi) is 2.03. The molecule has 0 aromatic carbocycles. The highest BCUT2D eigenvalue weighted by molar-refractivity contribution is 5.76. The van der Waals surface area contributed by atoms with Crippen LogP contribution in [0.1, 0.15) is 24.8 Å². The minimum atomic E-state index is -0.622. The average molecular weight is 217 g/mol. The molecule has 1 heterocycles. The SMILES string of the molecule is O=C(O)C1(Cc2cccnc2)CC2CC2C1. The second-order valence-electron chi connectivity index (χ2n) is 5.29. The Morgan fingerprint density at radius 3 is 2.81 bits per heavy atom. The highest BCUT2D eigenvalue weighted by atomic mass is 16.4. The smallest absolute Gasteiger partial charge is 0.309 e. The largest absolute Gasteiger partial charge is 0.481 e. The normalized spacial score (nSPS) is 35.8. The van der Waals surface area contributed by atoms with Crippen molar-refractivity contribution >= 4 is 5.97 Å². The summed E-state index contributed by atoms with van der Waals surface area (Å²) in [6, 6.07) is 3.85. The van der Waals surface area contributed by atoms with Gasteiger partial charge in [0.2, 0.25) is 0 Å². The Labute approximate surface area is 94.5 Å². The van der Waals surface area contributed by atoms with E-state index in [1.807, 2.05) is 12.1 Å². The van der Waals surface area contributed by atoms with Crippen LogP contribution in [0.25, 0.3) is 0 Å². The highest BCUT2D eigenvalue weighted by Gasteiger charge is 2.57. The summed E-state index contributed by atoms with van der Waals surface area (Å²) >= 11 is 0. The van der Waals surface area contributed by atoms with Crippen molar-refractivity contribution < 1.29 is 9.90 Å². The minimum absolute atomic E-state index is 0.503. The highest BCUT2D eigenvalue weighted by Crippen LogP contribution is 2.60. The monoisotopic (exact) mass is 217 g/mol. The van der Waals surface area contributed by atoms with Gasteiger partial charge in [0.05, 0.1) is 5.41 Å². The van der Waals surface area contributed by atoms with Gasteiger partial charge in [-0.15, -0.1) is 0 Å². The Morgan fingerprint density at radius 2 is 2.25 bits per heavy atom. The van der Waals surface area contributed by atoms with Gasteiger partial charge in [-0.3, -0.25) is 9.78 Å². The Bertz CT molecular complexity index is 405. The first-order valence-corrected chi connectivity index (χ1v) is 5.82. The lowest BCUT2D eigenvalue weighted by Gasteiger charge is -2.25. The predicted octanol–water partition coefficient (Wildman–Crippen LogP) is 2.12. The molecule has 84 valence electrons. The molecule has 2 aliphatic rings. The quantitative estimate of drug-likeness (QED) is 0.843. The van der Waals surface area contributed by atoms with E-state index in [0.717, 1.165) is 18.4 Å². The van der Waals surface area contributed by atoms with E-state index in [0.29, 0.717) is 18.3 Å². The Balaban J connectivity index is 1.83. The molecule has 3 rings (SSSR count). The number of aromatic nitrogens is 1. The number of carbonyl (C=O) groups is 1. The zero-order valence-corrected chi connectivity index (χ0v) is 9.10. The van der Waals surface area contributed by atoms with Crippen LogP contribution < -0.4 is 0 Å². The van der Waals surface area contributed by atoms with Crippen molar-refractivity contribution in [2.75, 3.05) is 0 Å². The van der Waals surface area contributed by atoms with Gasteiger partial charge < -0.3 is 5.11 Å². The van der Waals surface area contributed by atoms with Crippen LogP contribution in [-0.2, 0) is 11.2 Å². The van der Waals surface area contributed by atoms with Crippen molar-refractivity contribution in [3.63, 3.8) is 0 Å². The summed E-state index contributed by atoms with van der Waals surface area (Å²) in [5, 5.41) is 9.44. The van der Waals surface area contributed by atoms with E-state index >= 15 is 0 Å². The van der Waals surface area contributed by atoms with E-state index in [4.69, 9.17) is 0 Å². The van der Waals surface area contributed by atoms with Gasteiger partial charge >= 0.3 is 5.97 Å². The second-order valence-corrected chi connectivity index (χ2v) is 5.29. The number of rotatable bonds is 3. The van der Waals surface area contributed by atoms with Crippen molar-refractivity contribution in [2.45, 2.75) is 25.7 Å². The molecule has 0 saturated heterocycles. The molecule has 1 aromatic heterocycles. The molecule has 2 fully saturated rings. The van der Waals surface area contributed by atoms with Crippen LogP contribution in [0.15, 0.2) is 24.5 Å². The summed E-state index contributed by atoms with van der Waals surface area (Å²) in [7, 11) is 0. The standard InChI is InChI=1S/C13H15NO2/c15-12(16)13(6-10-4-11(10)7-13)5-9-2-1-3-14-8-9/h1-3,8,10-11H,4-7H2,(H,15,16). The van der Waals surface area contributed by atoms with Gasteiger partial charge in [0.1, 0.15) is 0 Å². The zero-order chi connectivity index (χ0) is 11.2. The van der Waals surface area contributed by atoms with E-state index in [2.05, 4.69) is 4.98 Å². The fraction of sp³-hybridized carbons (Fsp3) is 0.538. The number of hydrogen-bond donors (Lipinski definition) is 1. The molecule has 0 amide bonds. The molecular weight excluding hydrogens is 202 g/mol. The van der Waals surface area contributed by atoms with Crippen molar-refractivity contribution in [1.82, 2.24) is 4.98 Å². The first kappa shape index (κ1) is 9.82. The van der Waals surface area contributed by atoms with E-state index in [-0.39, 0.29) is 0 Å². The summed E-state index contributed by atoms with van der Waals surface area (Å²) in [6.07, 6.45) is 7.13. The van der Waals surface area contributed by atoms with Crippen LogP contribution in [0.5, 0.6) is 0 Å². The summed E-state index contributed by atoms with van der Waals surface area (Å²) in [6.45, 7) is 0. The van der Waals surface area contributed by atoms with Gasteiger partial charge in [0.15, 0.2) is 0 Å². The van der Waals surface area contributed by atoms with Gasteiger partial charge in [-0.1, -0.05) is 6.07 Å². The fourth-order valence-electron chi connectivity index (χ4n) is 3.19. The number of pyridine rings is 1. The molecule has 2 saturated carbocycles. The third kappa shape index (κ3) is 1.51. The first-order valence-electron chi connectivity index (χ1n) is 5.82. The molecule has 0 aliphatic heterocycles. The summed E-state index contributed by atoms with van der Waals surface area (Å²) < 4.78 is 0. The molecule has 3 nitrogen and oxygen atoms in total. The van der Waals surface area contributed by atoms with E-state index in [1.165, 1.54) is 6.42 Å². The van der Waals surface area contributed by atoms with Crippen LogP contribution in [0, 0.1) is 17.3 Å². The maximum absolute atomic E-state index is 11.5. The van der Waals surface area contributed by atoms with Crippen LogP contribution in [-0.4, -0.2) is 16.1 Å². The maximum atomic E-state index is 11.5. The zero-order valence-electron chi connectivity index (χ0n) is 9.10. The predicted molar refractivity (Wildman–Crippen MR) is 58.8 cm³/mol. The Hall–Kier alpha value is -1.38. The number of hydrogen-bond acceptors (Lipinski definition) is 2. The molecule has 2 aliphatic carbocycles. The van der Waals surface area contributed by atoms with E-state index < -0.39 is 11.4 Å². The van der Waals surface area contributed by atoms with Gasteiger partial charge in [-0.05, 0) is 49.1 Å². The first-order chi connectivity index (χ1) is 7.70. The molecule has 2 atom stereocenters. The molecule has 1 N–H and O–H groups in total. The molecule has 3 heteroatoms. The van der Waals surface area contributed by atoms with Crippen LogP contribution in [0.3, 0.4) is 0 Å². The van der Waals surface area contributed by atoms with Crippen molar-refractivity contribution in [3.8, 4) is 0 Å². The van der Waals surface area contributed by atoms with Crippen molar-refractivity contribution in [3.05, 3.63) is 30.1 Å². The maximum Gasteiger partial charge on any atom is 0.309 e. The van der Waals surface area contributed by atoms with Crippen LogP contribution in [0.4, 0.5) is 0 Å². The second kappa shape index (κ2) is 3.30. The van der Waals surface area contributed by atoms with Gasteiger partial charge in [-0.25, -0.2) is 0 Å². The fourth-order valence-corrected chi connectivity index (χ4v) is 3.19. The summed E-state index contributed by atoms with van der Waals surface area (Å²) in [4.78, 5) is 15.5. The van der Waals surface area contributed by atoms with Gasteiger partial charge in [0, 0.05) is 12.4 Å². The number of nitrogens with zero attached hydrogens (tertiary/aromatic N) is 1. The minimum Gasteiger partial charge on any atom is -0.481 e. The van der Waals surface area contributed by atoms with Crippen molar-refractivity contribution in [2.24, 2.45) is 17.3 Å². The number of carboxylic acid groups (broad SMARTS) is 1. The lowest BCUT2D eigenvalue weighted by molar-refractivity contribution is -0.149. The van der Waals surface area contributed by atoms with Gasteiger partial charge in [0.25, 0.3) is 0 Å². The molecule has 0 radical (unpaired) electrons. The summed E-state index contributed by atoms with van der Waals surface area (Å²) in [5.74, 6) is 0.754. The van der Waals surface area contributed by atoms with E-state index in [1.54, 1.807) is 12.4 Å². The number of aliphatic carboxylic acids is 1.